The van der Waals surface area contributed by atoms with Gasteiger partial charge in [-0.3, -0.25) is 4.79 Å². The van der Waals surface area contributed by atoms with E-state index in [1.54, 1.807) is 6.92 Å². The Kier molecular flexibility index (Phi) is 11.2. The number of carbonyl (C=O) groups is 3. The third-order valence-electron chi connectivity index (χ3n) is 17.1. The summed E-state index contributed by atoms with van der Waals surface area (Å²) in [5.41, 5.74) is -2.60. The number of aliphatic hydroxyl groups is 8. The van der Waals surface area contributed by atoms with Crippen LogP contribution in [0.1, 0.15) is 99.3 Å². The molecule has 328 valence electrons. The van der Waals surface area contributed by atoms with Gasteiger partial charge in [0.15, 0.2) is 12.4 Å². The van der Waals surface area contributed by atoms with Crippen molar-refractivity contribution in [3.05, 3.63) is 11.6 Å². The molecule has 2 aliphatic heterocycles. The summed E-state index contributed by atoms with van der Waals surface area (Å²) >= 11 is 0. The highest BCUT2D eigenvalue weighted by atomic mass is 16.7. The van der Waals surface area contributed by atoms with E-state index in [0.29, 0.717) is 44.9 Å². The summed E-state index contributed by atoms with van der Waals surface area (Å²) in [6.45, 7) is 12.1. The van der Waals surface area contributed by atoms with Gasteiger partial charge in [-0.25, -0.2) is 4.79 Å². The van der Waals surface area contributed by atoms with E-state index >= 15 is 0 Å². The molecule has 2 saturated heterocycles. The molecule has 0 aromatic carbocycles. The Morgan fingerprint density at radius 3 is 2.07 bits per heavy atom. The van der Waals surface area contributed by atoms with Crippen LogP contribution in [0.5, 0.6) is 0 Å². The minimum atomic E-state index is -1.93. The summed E-state index contributed by atoms with van der Waals surface area (Å²) in [5.74, 6) is -2.70. The number of fused-ring (bicyclic) bond motifs is 7. The Balaban J connectivity index is 1.19. The van der Waals surface area contributed by atoms with Crippen LogP contribution in [0.2, 0.25) is 0 Å². The van der Waals surface area contributed by atoms with Crippen molar-refractivity contribution in [3.63, 3.8) is 0 Å². The molecule has 20 atom stereocenters. The first kappa shape index (κ1) is 44.0. The van der Waals surface area contributed by atoms with Gasteiger partial charge >= 0.3 is 11.9 Å². The number of hydrogen-bond donors (Lipinski definition) is 9. The van der Waals surface area contributed by atoms with Crippen molar-refractivity contribution in [2.24, 2.45) is 50.2 Å². The van der Waals surface area contributed by atoms with E-state index in [0.717, 1.165) is 12.7 Å². The third-order valence-corrected chi connectivity index (χ3v) is 17.1. The van der Waals surface area contributed by atoms with E-state index < -0.39 is 114 Å². The van der Waals surface area contributed by atoms with Gasteiger partial charge in [0.2, 0.25) is 6.29 Å². The van der Waals surface area contributed by atoms with Crippen LogP contribution in [0.3, 0.4) is 0 Å². The van der Waals surface area contributed by atoms with Gasteiger partial charge in [-0.05, 0) is 97.2 Å². The number of carboxylic acid groups (broad SMARTS) is 1. The Morgan fingerprint density at radius 2 is 1.43 bits per heavy atom. The Bertz CT molecular complexity index is 1650. The van der Waals surface area contributed by atoms with Crippen molar-refractivity contribution in [1.82, 2.24) is 0 Å². The number of carboxylic acids is 1. The second-order valence-corrected chi connectivity index (χ2v) is 20.5. The SMILES string of the molecule is CC1(C)CC[C@@]2(C(=O)O[C@H]3O[C@@H](CO)[C@H](O)[C@@H](O)[C@@H]3O)CC[C@@]3(C)C(=CCC4[C@]5(C)C[C@@H](O)[C@@H](O[C@H]6O[C@@H](C(=O)O)[C@H](O)[C@@H](O)[C@@H]6O)[C@@](C)(C=O)C5CC[C@@]43C)[C@H]2C1. The predicted octanol–water partition coefficient (Wildman–Crippen LogP) is 0.558. The van der Waals surface area contributed by atoms with E-state index in [9.17, 15) is 60.3 Å². The minimum Gasteiger partial charge on any atom is -0.479 e. The lowest BCUT2D eigenvalue weighted by atomic mass is 9.33. The van der Waals surface area contributed by atoms with E-state index in [-0.39, 0.29) is 35.0 Å². The Morgan fingerprint density at radius 1 is 0.793 bits per heavy atom. The first-order valence-corrected chi connectivity index (χ1v) is 20.9. The van der Waals surface area contributed by atoms with Crippen LogP contribution >= 0.6 is 0 Å². The van der Waals surface area contributed by atoms with Gasteiger partial charge in [-0.1, -0.05) is 53.2 Å². The van der Waals surface area contributed by atoms with Crippen LogP contribution in [0.25, 0.3) is 0 Å². The zero-order chi connectivity index (χ0) is 42.7. The topological polar surface area (TPSA) is 270 Å². The molecule has 6 fully saturated rings. The predicted molar refractivity (Wildman–Crippen MR) is 200 cm³/mol. The summed E-state index contributed by atoms with van der Waals surface area (Å²) in [6.07, 6.45) is -11.4. The van der Waals surface area contributed by atoms with Gasteiger partial charge in [-0.2, -0.15) is 0 Å². The molecule has 0 aromatic rings. The normalized spacial score (nSPS) is 53.8. The fourth-order valence-corrected chi connectivity index (χ4v) is 13.5. The number of hydrogen-bond acceptors (Lipinski definition) is 15. The second-order valence-electron chi connectivity index (χ2n) is 20.5. The zero-order valence-corrected chi connectivity index (χ0v) is 34.3. The number of aliphatic carboxylic acids is 1. The van der Waals surface area contributed by atoms with Crippen LogP contribution in [-0.2, 0) is 33.3 Å². The van der Waals surface area contributed by atoms with Crippen LogP contribution < -0.4 is 0 Å². The Labute approximate surface area is 338 Å². The van der Waals surface area contributed by atoms with E-state index in [4.69, 9.17) is 18.9 Å². The van der Waals surface area contributed by atoms with Gasteiger partial charge < -0.3 is 69.7 Å². The molecule has 2 unspecified atom stereocenters. The van der Waals surface area contributed by atoms with E-state index in [1.807, 2.05) is 0 Å². The van der Waals surface area contributed by atoms with Gasteiger partial charge in [0.1, 0.15) is 49.0 Å². The molecule has 7 aliphatic rings. The molecule has 0 aromatic heterocycles. The summed E-state index contributed by atoms with van der Waals surface area (Å²) < 4.78 is 23.1. The quantitative estimate of drug-likeness (QED) is 0.0735. The Hall–Kier alpha value is -2.09. The summed E-state index contributed by atoms with van der Waals surface area (Å²) in [5, 5.41) is 94.3. The summed E-state index contributed by atoms with van der Waals surface area (Å²) in [4.78, 5) is 39.7. The maximum atomic E-state index is 14.6. The zero-order valence-electron chi connectivity index (χ0n) is 34.3. The lowest BCUT2D eigenvalue weighted by Gasteiger charge is -2.71. The molecule has 9 N–H and O–H groups in total. The molecule has 0 bridgehead atoms. The highest BCUT2D eigenvalue weighted by Crippen LogP contribution is 2.76. The molecular weight excluding hydrogens is 760 g/mol. The van der Waals surface area contributed by atoms with Crippen LogP contribution in [0.15, 0.2) is 11.6 Å². The molecule has 0 spiro atoms. The van der Waals surface area contributed by atoms with Gasteiger partial charge in [0, 0.05) is 0 Å². The number of esters is 1. The lowest BCUT2D eigenvalue weighted by molar-refractivity contribution is -0.332. The molecule has 7 rings (SSSR count). The minimum absolute atomic E-state index is 0.0302. The largest absolute Gasteiger partial charge is 0.479 e. The van der Waals surface area contributed by atoms with Gasteiger partial charge in [0.25, 0.3) is 0 Å². The summed E-state index contributed by atoms with van der Waals surface area (Å²) in [7, 11) is 0. The molecule has 5 aliphatic carbocycles. The lowest BCUT2D eigenvalue weighted by Crippen LogP contribution is -2.69. The average Bonchev–Trinajstić information content (AvgIpc) is 3.16. The smallest absolute Gasteiger partial charge is 0.335 e. The average molecular weight is 825 g/mol. The molecule has 4 saturated carbocycles. The van der Waals surface area contributed by atoms with Gasteiger partial charge in [-0.15, -0.1) is 0 Å². The first-order chi connectivity index (χ1) is 27.0. The van der Waals surface area contributed by atoms with Crippen molar-refractivity contribution in [1.29, 1.82) is 0 Å². The van der Waals surface area contributed by atoms with Crippen LogP contribution in [0.4, 0.5) is 0 Å². The van der Waals surface area contributed by atoms with Crippen LogP contribution in [-0.4, -0.2) is 144 Å². The van der Waals surface area contributed by atoms with Crippen molar-refractivity contribution >= 4 is 18.2 Å². The molecular formula is C42H64O16. The number of carbonyl (C=O) groups excluding carboxylic acids is 2. The van der Waals surface area contributed by atoms with Crippen molar-refractivity contribution < 1.29 is 79.3 Å². The maximum Gasteiger partial charge on any atom is 0.335 e. The molecule has 16 nitrogen and oxygen atoms in total. The number of rotatable bonds is 7. The molecule has 58 heavy (non-hydrogen) atoms. The number of aldehydes is 1. The second kappa shape index (κ2) is 14.8. The standard InChI is InChI=1S/C42H64O16/c1-37(2)11-13-42(36(54)58-34-29(50)26(47)25(46)22(17-43)55-34)14-12-40(5)19(20(42)15-37)7-8-24-38(3)16-21(45)32(39(4,18-44)23(38)9-10-41(24,40)6)57-35-30(51)27(48)28(49)31(56-35)33(52)53/h7,18,20-32,34-35,43,45-51H,8-17H2,1-6H3,(H,52,53)/t20-,21-,22+,23?,24?,25+,26-,27-,28-,29+,30+,31-,32-,34-,35-,38-,39+,40+,41+,42-/m1/s1. The fourth-order valence-electron chi connectivity index (χ4n) is 13.5. The van der Waals surface area contributed by atoms with E-state index in [2.05, 4.69) is 40.7 Å². The summed E-state index contributed by atoms with van der Waals surface area (Å²) in [6, 6.07) is 0. The van der Waals surface area contributed by atoms with Crippen molar-refractivity contribution in [3.8, 4) is 0 Å². The monoisotopic (exact) mass is 824 g/mol. The molecule has 2 heterocycles. The highest BCUT2D eigenvalue weighted by molar-refractivity contribution is 5.79. The number of ether oxygens (including phenoxy) is 4. The van der Waals surface area contributed by atoms with Gasteiger partial charge in [0.05, 0.1) is 29.6 Å². The van der Waals surface area contributed by atoms with Crippen LogP contribution in [0, 0.1) is 50.2 Å². The highest BCUT2D eigenvalue weighted by Gasteiger charge is 2.71. The van der Waals surface area contributed by atoms with Crippen molar-refractivity contribution in [2.45, 2.75) is 173 Å². The first-order valence-electron chi connectivity index (χ1n) is 20.9. The fraction of sp³-hybridized carbons (Fsp3) is 0.881. The number of aliphatic hydroxyl groups excluding tert-OH is 8. The van der Waals surface area contributed by atoms with E-state index in [1.165, 1.54) is 5.57 Å². The molecule has 0 amide bonds. The molecule has 16 heteroatoms. The maximum absolute atomic E-state index is 14.6. The van der Waals surface area contributed by atoms with Crippen molar-refractivity contribution in [2.75, 3.05) is 6.61 Å². The third kappa shape index (κ3) is 6.29. The molecule has 0 radical (unpaired) electrons. The number of allylic oxidation sites excluding steroid dienone is 2.